The van der Waals surface area contributed by atoms with Crippen molar-refractivity contribution in [1.29, 1.82) is 0 Å². The normalized spacial score (nSPS) is 11.4. The molecule has 18 heavy (non-hydrogen) atoms. The van der Waals surface area contributed by atoms with Crippen molar-refractivity contribution in [2.24, 2.45) is 0 Å². The van der Waals surface area contributed by atoms with Crippen LogP contribution >= 0.6 is 0 Å². The monoisotopic (exact) mass is 234 g/mol. The average Bonchev–Trinajstić information content (AvgIpc) is 2.44. The van der Waals surface area contributed by atoms with Gasteiger partial charge in [-0.15, -0.1) is 0 Å². The lowest BCUT2D eigenvalue weighted by Crippen LogP contribution is -1.99. The Morgan fingerprint density at radius 2 is 1.06 bits per heavy atom. The molecule has 0 saturated heterocycles. The third-order valence-corrected chi connectivity index (χ3v) is 3.03. The molecule has 1 aliphatic rings. The van der Waals surface area contributed by atoms with E-state index in [0.29, 0.717) is 0 Å². The van der Waals surface area contributed by atoms with Crippen molar-refractivity contribution in [3.05, 3.63) is 70.8 Å². The zero-order valence-electron chi connectivity index (χ0n) is 11.0. The molecule has 0 atom stereocenters. The van der Waals surface area contributed by atoms with E-state index in [2.05, 4.69) is 60.4 Å². The van der Waals surface area contributed by atoms with E-state index in [9.17, 15) is 0 Å². The Labute approximate surface area is 110 Å². The minimum absolute atomic E-state index is 1.09. The van der Waals surface area contributed by atoms with Crippen molar-refractivity contribution in [2.75, 3.05) is 0 Å². The molecule has 90 valence electrons. The predicted octanol–water partition coefficient (Wildman–Crippen LogP) is 4.21. The molecule has 0 radical (unpaired) electrons. The fourth-order valence-corrected chi connectivity index (χ4v) is 2.12. The number of benzene rings is 2. The standard InChI is InChI=1S/C16H12.C2H6/c1-2-6-14-11-12-16-8-4-3-7-15(16)10-9-13(14)5-1;1-2/h1-8H,9-10H2;1-2H3. The highest BCUT2D eigenvalue weighted by atomic mass is 14.1. The van der Waals surface area contributed by atoms with Crippen LogP contribution in [-0.4, -0.2) is 0 Å². The fourth-order valence-electron chi connectivity index (χ4n) is 2.12. The smallest absolute Gasteiger partial charge is 0.0281 e. The molecule has 0 spiro atoms. The molecule has 3 rings (SSSR count). The van der Waals surface area contributed by atoms with Gasteiger partial charge in [0.15, 0.2) is 0 Å². The summed E-state index contributed by atoms with van der Waals surface area (Å²) in [5.41, 5.74) is 5.09. The molecule has 2 aromatic rings. The van der Waals surface area contributed by atoms with E-state index >= 15 is 0 Å². The summed E-state index contributed by atoms with van der Waals surface area (Å²) in [4.78, 5) is 0. The number of hydrogen-bond donors (Lipinski definition) is 0. The summed E-state index contributed by atoms with van der Waals surface area (Å²) in [5, 5.41) is 0. The third kappa shape index (κ3) is 2.63. The maximum atomic E-state index is 3.27. The lowest BCUT2D eigenvalue weighted by molar-refractivity contribution is 0.950. The van der Waals surface area contributed by atoms with Gasteiger partial charge in [0.05, 0.1) is 0 Å². The van der Waals surface area contributed by atoms with Crippen LogP contribution in [0, 0.1) is 11.8 Å². The Morgan fingerprint density at radius 1 is 0.667 bits per heavy atom. The van der Waals surface area contributed by atoms with Crippen LogP contribution < -0.4 is 0 Å². The second kappa shape index (κ2) is 6.07. The Kier molecular flexibility index (Phi) is 4.20. The van der Waals surface area contributed by atoms with Gasteiger partial charge in [-0.1, -0.05) is 62.1 Å². The molecule has 0 amide bonds. The van der Waals surface area contributed by atoms with Gasteiger partial charge in [-0.05, 0) is 36.1 Å². The minimum atomic E-state index is 1.09. The van der Waals surface area contributed by atoms with Gasteiger partial charge in [-0.3, -0.25) is 0 Å². The first kappa shape index (κ1) is 12.5. The molecule has 0 aromatic heterocycles. The molecule has 0 nitrogen and oxygen atoms in total. The van der Waals surface area contributed by atoms with E-state index in [4.69, 9.17) is 0 Å². The van der Waals surface area contributed by atoms with Gasteiger partial charge in [0, 0.05) is 11.1 Å². The maximum Gasteiger partial charge on any atom is 0.0281 e. The van der Waals surface area contributed by atoms with Gasteiger partial charge >= 0.3 is 0 Å². The van der Waals surface area contributed by atoms with Crippen LogP contribution in [0.15, 0.2) is 48.5 Å². The topological polar surface area (TPSA) is 0 Å². The number of aryl methyl sites for hydroxylation is 2. The highest BCUT2D eigenvalue weighted by Gasteiger charge is 2.05. The van der Waals surface area contributed by atoms with Crippen molar-refractivity contribution < 1.29 is 0 Å². The summed E-state index contributed by atoms with van der Waals surface area (Å²) in [6.45, 7) is 4.00. The summed E-state index contributed by atoms with van der Waals surface area (Å²) < 4.78 is 0. The fraction of sp³-hybridized carbons (Fsp3) is 0.222. The number of fused-ring (bicyclic) bond motifs is 2. The van der Waals surface area contributed by atoms with Crippen LogP contribution in [0.5, 0.6) is 0 Å². The van der Waals surface area contributed by atoms with Crippen molar-refractivity contribution in [2.45, 2.75) is 26.7 Å². The third-order valence-electron chi connectivity index (χ3n) is 3.03. The van der Waals surface area contributed by atoms with Gasteiger partial charge < -0.3 is 0 Å². The maximum absolute atomic E-state index is 3.27. The van der Waals surface area contributed by atoms with Crippen molar-refractivity contribution in [3.8, 4) is 11.8 Å². The average molecular weight is 234 g/mol. The molecule has 0 aliphatic heterocycles. The SMILES string of the molecule is C1#Cc2ccccc2CCc2ccccc21.CC. The second-order valence-electron chi connectivity index (χ2n) is 4.06. The van der Waals surface area contributed by atoms with Crippen LogP contribution in [0.1, 0.15) is 36.1 Å². The molecule has 0 saturated carbocycles. The molecule has 0 unspecified atom stereocenters. The lowest BCUT2D eigenvalue weighted by atomic mass is 9.95. The van der Waals surface area contributed by atoms with Gasteiger partial charge in [0.2, 0.25) is 0 Å². The van der Waals surface area contributed by atoms with E-state index in [1.165, 1.54) is 22.3 Å². The summed E-state index contributed by atoms with van der Waals surface area (Å²) in [6, 6.07) is 16.9. The van der Waals surface area contributed by atoms with Gasteiger partial charge in [-0.2, -0.15) is 0 Å². The van der Waals surface area contributed by atoms with E-state index in [1.54, 1.807) is 0 Å². The van der Waals surface area contributed by atoms with Crippen molar-refractivity contribution in [1.82, 2.24) is 0 Å². The van der Waals surface area contributed by atoms with Crippen LogP contribution in [0.4, 0.5) is 0 Å². The van der Waals surface area contributed by atoms with E-state index in [0.717, 1.165) is 12.8 Å². The van der Waals surface area contributed by atoms with Crippen molar-refractivity contribution >= 4 is 0 Å². The first-order valence-electron chi connectivity index (χ1n) is 6.61. The highest BCUT2D eigenvalue weighted by molar-refractivity contribution is 5.51. The van der Waals surface area contributed by atoms with Gasteiger partial charge in [0.1, 0.15) is 0 Å². The van der Waals surface area contributed by atoms with Crippen LogP contribution in [0.2, 0.25) is 0 Å². The quantitative estimate of drug-likeness (QED) is 0.599. The number of rotatable bonds is 0. The first-order valence-corrected chi connectivity index (χ1v) is 6.61. The van der Waals surface area contributed by atoms with Crippen LogP contribution in [0.25, 0.3) is 0 Å². The summed E-state index contributed by atoms with van der Waals surface area (Å²) in [5.74, 6) is 6.54. The van der Waals surface area contributed by atoms with Crippen LogP contribution in [0.3, 0.4) is 0 Å². The molecule has 0 fully saturated rings. The minimum Gasteiger partial charge on any atom is -0.0683 e. The summed E-state index contributed by atoms with van der Waals surface area (Å²) in [6.07, 6.45) is 2.17. The molecular formula is C18H18. The van der Waals surface area contributed by atoms with E-state index in [-0.39, 0.29) is 0 Å². The Morgan fingerprint density at radius 3 is 1.50 bits per heavy atom. The Balaban J connectivity index is 0.000000574. The Bertz CT molecular complexity index is 531. The molecule has 0 heterocycles. The van der Waals surface area contributed by atoms with Gasteiger partial charge in [-0.25, -0.2) is 0 Å². The van der Waals surface area contributed by atoms with Crippen molar-refractivity contribution in [3.63, 3.8) is 0 Å². The molecule has 0 bridgehead atoms. The largest absolute Gasteiger partial charge is 0.0683 e. The molecule has 2 aromatic carbocycles. The lowest BCUT2D eigenvalue weighted by Gasteiger charge is -2.09. The molecule has 0 N–H and O–H groups in total. The predicted molar refractivity (Wildman–Crippen MR) is 77.6 cm³/mol. The second-order valence-corrected chi connectivity index (χ2v) is 4.06. The Hall–Kier alpha value is -2.00. The molecule has 1 aliphatic carbocycles. The van der Waals surface area contributed by atoms with Crippen LogP contribution in [-0.2, 0) is 12.8 Å². The zero-order chi connectivity index (χ0) is 12.8. The molecular weight excluding hydrogens is 216 g/mol. The number of hydrogen-bond acceptors (Lipinski definition) is 0. The summed E-state index contributed by atoms with van der Waals surface area (Å²) in [7, 11) is 0. The van der Waals surface area contributed by atoms with E-state index in [1.807, 2.05) is 13.8 Å². The zero-order valence-corrected chi connectivity index (χ0v) is 11.0. The molecule has 0 heteroatoms. The summed E-state index contributed by atoms with van der Waals surface area (Å²) >= 11 is 0. The first-order chi connectivity index (χ1) is 8.93. The van der Waals surface area contributed by atoms with E-state index < -0.39 is 0 Å². The van der Waals surface area contributed by atoms with Gasteiger partial charge in [0.25, 0.3) is 0 Å². The highest BCUT2D eigenvalue weighted by Crippen LogP contribution is 2.17.